The molecule has 0 aromatic heterocycles. The normalized spacial score (nSPS) is 18.2. The van der Waals surface area contributed by atoms with Crippen LogP contribution in [0.5, 0.6) is 17.2 Å². The molecule has 8 heteroatoms. The van der Waals surface area contributed by atoms with Crippen LogP contribution < -0.4 is 0 Å². The molecule has 1 aromatic rings. The molecule has 0 saturated carbocycles. The average Bonchev–Trinajstić information content (AvgIpc) is 2.94. The van der Waals surface area contributed by atoms with E-state index in [0.717, 1.165) is 25.0 Å². The standard InChI is InChI=1S/C10H12O5.C5H10O2.C2H4O/c1-2-3-15-10(14)6-4-7(11)9(13)8(12)5-6;1-4-3-6-5(2)7-4;1-2-3/h4-5,11-13H,2-3H2,1H3;4-5H,3H2,1-2H3;2H,1H3. The second-order valence-electron chi connectivity index (χ2n) is 5.08. The van der Waals surface area contributed by atoms with Crippen LogP contribution in [0.3, 0.4) is 0 Å². The zero-order valence-electron chi connectivity index (χ0n) is 14.9. The molecule has 2 atom stereocenters. The van der Waals surface area contributed by atoms with Crippen LogP contribution in [0, 0.1) is 0 Å². The van der Waals surface area contributed by atoms with Crippen LogP contribution in [0.15, 0.2) is 12.1 Å². The number of ether oxygens (including phenoxy) is 3. The molecule has 1 fully saturated rings. The summed E-state index contributed by atoms with van der Waals surface area (Å²) in [5.41, 5.74) is -0.00347. The second kappa shape index (κ2) is 12.1. The van der Waals surface area contributed by atoms with Gasteiger partial charge in [-0.2, -0.15) is 0 Å². The maximum absolute atomic E-state index is 11.3. The van der Waals surface area contributed by atoms with Crippen LogP contribution in [-0.4, -0.2) is 53.2 Å². The van der Waals surface area contributed by atoms with E-state index in [4.69, 9.17) is 34.3 Å². The van der Waals surface area contributed by atoms with E-state index in [1.54, 1.807) is 0 Å². The predicted molar refractivity (Wildman–Crippen MR) is 89.7 cm³/mol. The van der Waals surface area contributed by atoms with Crippen LogP contribution in [0.1, 0.15) is 44.5 Å². The van der Waals surface area contributed by atoms with Crippen molar-refractivity contribution in [1.82, 2.24) is 0 Å². The SMILES string of the molecule is CC1COC(C)O1.CC=O.CCCOC(=O)c1cc(O)c(O)c(O)c1. The molecule has 2 unspecified atom stereocenters. The van der Waals surface area contributed by atoms with Crippen molar-refractivity contribution in [2.75, 3.05) is 13.2 Å². The molecule has 0 radical (unpaired) electrons. The lowest BCUT2D eigenvalue weighted by Crippen LogP contribution is -2.05. The number of esters is 1. The Balaban J connectivity index is 0.000000475. The first-order valence-corrected chi connectivity index (χ1v) is 7.85. The molecule has 0 aliphatic carbocycles. The summed E-state index contributed by atoms with van der Waals surface area (Å²) in [7, 11) is 0. The molecular formula is C17H26O8. The lowest BCUT2D eigenvalue weighted by atomic mass is 10.2. The minimum absolute atomic E-state index is 0.00347. The number of carbonyl (C=O) groups excluding carboxylic acids is 2. The first kappa shape index (κ1) is 22.7. The van der Waals surface area contributed by atoms with Gasteiger partial charge >= 0.3 is 5.97 Å². The number of carbonyl (C=O) groups is 2. The average molecular weight is 358 g/mol. The molecule has 1 heterocycles. The molecule has 8 nitrogen and oxygen atoms in total. The van der Waals surface area contributed by atoms with Gasteiger partial charge in [0.15, 0.2) is 23.5 Å². The van der Waals surface area contributed by atoms with Gasteiger partial charge in [-0.1, -0.05) is 6.92 Å². The van der Waals surface area contributed by atoms with Crippen molar-refractivity contribution in [2.45, 2.75) is 46.5 Å². The molecule has 0 bridgehead atoms. The number of aromatic hydroxyl groups is 3. The highest BCUT2D eigenvalue weighted by Gasteiger charge is 2.16. The topological polar surface area (TPSA) is 123 Å². The zero-order valence-corrected chi connectivity index (χ0v) is 14.9. The van der Waals surface area contributed by atoms with Gasteiger partial charge in [-0.05, 0) is 39.3 Å². The molecule has 25 heavy (non-hydrogen) atoms. The first-order valence-electron chi connectivity index (χ1n) is 7.85. The monoisotopic (exact) mass is 358 g/mol. The van der Waals surface area contributed by atoms with Gasteiger partial charge in [-0.15, -0.1) is 0 Å². The summed E-state index contributed by atoms with van der Waals surface area (Å²) in [5, 5.41) is 27.3. The van der Waals surface area contributed by atoms with Crippen LogP contribution in [0.2, 0.25) is 0 Å². The Hall–Kier alpha value is -2.32. The van der Waals surface area contributed by atoms with E-state index >= 15 is 0 Å². The highest BCUT2D eigenvalue weighted by molar-refractivity contribution is 5.91. The summed E-state index contributed by atoms with van der Waals surface area (Å²) >= 11 is 0. The number of benzene rings is 1. The smallest absolute Gasteiger partial charge is 0.338 e. The van der Waals surface area contributed by atoms with Crippen LogP contribution >= 0.6 is 0 Å². The molecule has 1 aliphatic rings. The lowest BCUT2D eigenvalue weighted by molar-refractivity contribution is -0.106. The Bertz CT molecular complexity index is 512. The third kappa shape index (κ3) is 8.92. The molecule has 2 rings (SSSR count). The minimum Gasteiger partial charge on any atom is -0.504 e. The fraction of sp³-hybridized carbons (Fsp3) is 0.529. The first-order chi connectivity index (χ1) is 11.8. The van der Waals surface area contributed by atoms with Crippen LogP contribution in [-0.2, 0) is 19.0 Å². The van der Waals surface area contributed by atoms with Gasteiger partial charge < -0.3 is 34.3 Å². The van der Waals surface area contributed by atoms with E-state index in [1.807, 2.05) is 20.8 Å². The lowest BCUT2D eigenvalue weighted by Gasteiger charge is -2.05. The van der Waals surface area contributed by atoms with E-state index in [9.17, 15) is 4.79 Å². The van der Waals surface area contributed by atoms with Crippen molar-refractivity contribution in [2.24, 2.45) is 0 Å². The third-order valence-corrected chi connectivity index (χ3v) is 2.73. The molecular weight excluding hydrogens is 332 g/mol. The highest BCUT2D eigenvalue weighted by atomic mass is 16.7. The number of hydrogen-bond donors (Lipinski definition) is 3. The third-order valence-electron chi connectivity index (χ3n) is 2.73. The van der Waals surface area contributed by atoms with Gasteiger partial charge in [0.05, 0.1) is 24.9 Å². The van der Waals surface area contributed by atoms with E-state index in [0.29, 0.717) is 12.5 Å². The predicted octanol–water partition coefficient (Wildman–Crippen LogP) is 2.34. The number of aldehydes is 1. The highest BCUT2D eigenvalue weighted by Crippen LogP contribution is 2.35. The van der Waals surface area contributed by atoms with E-state index in [-0.39, 0.29) is 18.5 Å². The zero-order chi connectivity index (χ0) is 19.4. The summed E-state index contributed by atoms with van der Waals surface area (Å²) in [4.78, 5) is 20.1. The Morgan fingerprint density at radius 3 is 2.12 bits per heavy atom. The minimum atomic E-state index is -0.651. The molecule has 0 spiro atoms. The number of hydrogen-bond acceptors (Lipinski definition) is 8. The Morgan fingerprint density at radius 1 is 1.28 bits per heavy atom. The Labute approximate surface area is 146 Å². The summed E-state index contributed by atoms with van der Waals surface area (Å²) in [5.74, 6) is -2.42. The van der Waals surface area contributed by atoms with Crippen molar-refractivity contribution >= 4 is 12.3 Å². The molecule has 1 saturated heterocycles. The van der Waals surface area contributed by atoms with Crippen molar-refractivity contribution in [3.8, 4) is 17.2 Å². The summed E-state index contributed by atoms with van der Waals surface area (Å²) in [6, 6.07) is 2.07. The Morgan fingerprint density at radius 2 is 1.80 bits per heavy atom. The van der Waals surface area contributed by atoms with Gasteiger partial charge in [0.1, 0.15) is 6.29 Å². The fourth-order valence-corrected chi connectivity index (χ4v) is 1.68. The summed E-state index contributed by atoms with van der Waals surface area (Å²) in [6.07, 6.45) is 1.76. The molecule has 3 N–H and O–H groups in total. The maximum Gasteiger partial charge on any atom is 0.338 e. The maximum atomic E-state index is 11.3. The van der Waals surface area contributed by atoms with E-state index < -0.39 is 23.2 Å². The largest absolute Gasteiger partial charge is 0.504 e. The van der Waals surface area contributed by atoms with Gasteiger partial charge in [0.2, 0.25) is 0 Å². The van der Waals surface area contributed by atoms with Crippen LogP contribution in [0.4, 0.5) is 0 Å². The molecule has 142 valence electrons. The van der Waals surface area contributed by atoms with Gasteiger partial charge in [-0.3, -0.25) is 0 Å². The van der Waals surface area contributed by atoms with Gasteiger partial charge in [0, 0.05) is 0 Å². The molecule has 0 amide bonds. The van der Waals surface area contributed by atoms with Crippen molar-refractivity contribution in [1.29, 1.82) is 0 Å². The number of rotatable bonds is 3. The van der Waals surface area contributed by atoms with Crippen LogP contribution in [0.25, 0.3) is 0 Å². The number of phenolic OH excluding ortho intramolecular Hbond substituents is 3. The van der Waals surface area contributed by atoms with E-state index in [2.05, 4.69) is 0 Å². The van der Waals surface area contributed by atoms with E-state index in [1.165, 1.54) is 6.92 Å². The molecule has 1 aliphatic heterocycles. The quantitative estimate of drug-likeness (QED) is 0.427. The van der Waals surface area contributed by atoms with Crippen molar-refractivity contribution < 1.29 is 39.1 Å². The fourth-order valence-electron chi connectivity index (χ4n) is 1.68. The van der Waals surface area contributed by atoms with Crippen molar-refractivity contribution in [3.63, 3.8) is 0 Å². The molecule has 1 aromatic carbocycles. The van der Waals surface area contributed by atoms with Gasteiger partial charge in [0.25, 0.3) is 0 Å². The summed E-state index contributed by atoms with van der Waals surface area (Å²) < 4.78 is 15.0. The second-order valence-corrected chi connectivity index (χ2v) is 5.08. The van der Waals surface area contributed by atoms with Gasteiger partial charge in [-0.25, -0.2) is 4.79 Å². The Kier molecular flexibility index (Phi) is 11.0. The van der Waals surface area contributed by atoms with Crippen molar-refractivity contribution in [3.05, 3.63) is 17.7 Å². The summed E-state index contributed by atoms with van der Waals surface area (Å²) in [6.45, 7) is 8.22. The number of phenols is 3.